The topological polar surface area (TPSA) is 46.3 Å². The summed E-state index contributed by atoms with van der Waals surface area (Å²) in [6.45, 7) is 5.01. The van der Waals surface area contributed by atoms with Crippen LogP contribution in [0, 0.1) is 17.8 Å². The van der Waals surface area contributed by atoms with Crippen molar-refractivity contribution in [2.45, 2.75) is 51.9 Å². The summed E-state index contributed by atoms with van der Waals surface area (Å²) in [4.78, 5) is 14.7. The van der Waals surface area contributed by atoms with Crippen molar-refractivity contribution in [3.05, 3.63) is 0 Å². The van der Waals surface area contributed by atoms with E-state index in [9.17, 15) is 4.79 Å². The minimum absolute atomic E-state index is 0.265. The third-order valence-electron chi connectivity index (χ3n) is 4.79. The van der Waals surface area contributed by atoms with E-state index in [1.165, 1.54) is 32.1 Å². The maximum Gasteiger partial charge on any atom is 0.225 e. The van der Waals surface area contributed by atoms with Gasteiger partial charge in [-0.05, 0) is 56.9 Å². The van der Waals surface area contributed by atoms with Gasteiger partial charge in [0.15, 0.2) is 0 Å². The molecule has 0 bridgehead atoms. The molecule has 104 valence electrons. The Hall–Kier alpha value is -0.570. The second kappa shape index (κ2) is 6.55. The van der Waals surface area contributed by atoms with E-state index in [1.54, 1.807) is 0 Å². The fourth-order valence-corrected chi connectivity index (χ4v) is 3.47. The highest BCUT2D eigenvalue weighted by Crippen LogP contribution is 2.30. The van der Waals surface area contributed by atoms with Crippen LogP contribution < -0.4 is 5.73 Å². The van der Waals surface area contributed by atoms with Crippen LogP contribution in [0.3, 0.4) is 0 Å². The van der Waals surface area contributed by atoms with Gasteiger partial charge in [-0.1, -0.05) is 13.3 Å². The van der Waals surface area contributed by atoms with Gasteiger partial charge in [0.05, 0.1) is 0 Å². The first-order valence-electron chi connectivity index (χ1n) is 7.69. The van der Waals surface area contributed by atoms with Crippen LogP contribution in [-0.2, 0) is 4.79 Å². The third kappa shape index (κ3) is 3.47. The summed E-state index contributed by atoms with van der Waals surface area (Å²) >= 11 is 0. The lowest BCUT2D eigenvalue weighted by Crippen LogP contribution is -2.39. The molecule has 0 aromatic carbocycles. The third-order valence-corrected chi connectivity index (χ3v) is 4.79. The second-order valence-electron chi connectivity index (χ2n) is 6.33. The van der Waals surface area contributed by atoms with Crippen LogP contribution in [0.25, 0.3) is 0 Å². The SMILES string of the molecule is CC1CCCN(C(=O)C2CCCC(CN)C2)CC1. The van der Waals surface area contributed by atoms with Gasteiger partial charge >= 0.3 is 0 Å². The number of nitrogens with zero attached hydrogens (tertiary/aromatic N) is 1. The predicted molar refractivity (Wildman–Crippen MR) is 74.1 cm³/mol. The van der Waals surface area contributed by atoms with Crippen LogP contribution in [-0.4, -0.2) is 30.4 Å². The molecule has 18 heavy (non-hydrogen) atoms. The highest BCUT2D eigenvalue weighted by molar-refractivity contribution is 5.79. The Morgan fingerprint density at radius 2 is 2.00 bits per heavy atom. The molecule has 1 heterocycles. The Bertz CT molecular complexity index is 276. The standard InChI is InChI=1S/C15H28N2O/c1-12-4-3-8-17(9-7-12)15(18)14-6-2-5-13(10-14)11-16/h12-14H,2-11,16H2,1H3. The fourth-order valence-electron chi connectivity index (χ4n) is 3.47. The number of likely N-dealkylation sites (tertiary alicyclic amines) is 1. The Morgan fingerprint density at radius 3 is 2.78 bits per heavy atom. The van der Waals surface area contributed by atoms with Crippen LogP contribution in [0.4, 0.5) is 0 Å². The van der Waals surface area contributed by atoms with Gasteiger partial charge in [-0.2, -0.15) is 0 Å². The summed E-state index contributed by atoms with van der Waals surface area (Å²) in [6.07, 6.45) is 8.15. The van der Waals surface area contributed by atoms with E-state index in [4.69, 9.17) is 5.73 Å². The molecule has 1 aliphatic carbocycles. The Morgan fingerprint density at radius 1 is 1.17 bits per heavy atom. The van der Waals surface area contributed by atoms with Crippen molar-refractivity contribution in [1.29, 1.82) is 0 Å². The lowest BCUT2D eigenvalue weighted by molar-refractivity contribution is -0.137. The van der Waals surface area contributed by atoms with Gasteiger partial charge in [-0.25, -0.2) is 0 Å². The molecule has 2 N–H and O–H groups in total. The van der Waals surface area contributed by atoms with Crippen molar-refractivity contribution in [2.75, 3.05) is 19.6 Å². The minimum atomic E-state index is 0.265. The van der Waals surface area contributed by atoms with Gasteiger partial charge in [0.25, 0.3) is 0 Å². The van der Waals surface area contributed by atoms with Crippen LogP contribution in [0.15, 0.2) is 0 Å². The average Bonchev–Trinajstić information content (AvgIpc) is 2.63. The van der Waals surface area contributed by atoms with Gasteiger partial charge in [0.1, 0.15) is 0 Å². The molecule has 3 atom stereocenters. The number of rotatable bonds is 2. The van der Waals surface area contributed by atoms with E-state index in [1.807, 2.05) is 0 Å². The molecule has 0 radical (unpaired) electrons. The fraction of sp³-hybridized carbons (Fsp3) is 0.933. The van der Waals surface area contributed by atoms with E-state index in [0.717, 1.165) is 38.4 Å². The minimum Gasteiger partial charge on any atom is -0.342 e. The molecule has 1 amide bonds. The van der Waals surface area contributed by atoms with E-state index in [0.29, 0.717) is 11.8 Å². The Kier molecular flexibility index (Phi) is 5.04. The van der Waals surface area contributed by atoms with Crippen molar-refractivity contribution in [1.82, 2.24) is 4.90 Å². The van der Waals surface area contributed by atoms with E-state index < -0.39 is 0 Å². The lowest BCUT2D eigenvalue weighted by Gasteiger charge is -2.31. The molecule has 1 saturated heterocycles. The molecule has 0 aromatic heterocycles. The molecule has 2 aliphatic rings. The summed E-state index contributed by atoms with van der Waals surface area (Å²) < 4.78 is 0. The summed E-state index contributed by atoms with van der Waals surface area (Å²) in [5.74, 6) is 2.05. The van der Waals surface area contributed by atoms with Crippen LogP contribution in [0.1, 0.15) is 51.9 Å². The highest BCUT2D eigenvalue weighted by Gasteiger charge is 2.30. The van der Waals surface area contributed by atoms with Gasteiger partial charge in [0, 0.05) is 19.0 Å². The summed E-state index contributed by atoms with van der Waals surface area (Å²) in [7, 11) is 0. The first-order chi connectivity index (χ1) is 8.70. The second-order valence-corrected chi connectivity index (χ2v) is 6.33. The van der Waals surface area contributed by atoms with Crippen LogP contribution in [0.2, 0.25) is 0 Å². The zero-order valence-electron chi connectivity index (χ0n) is 11.7. The number of hydrogen-bond donors (Lipinski definition) is 1. The first-order valence-corrected chi connectivity index (χ1v) is 7.69. The predicted octanol–water partition coefficient (Wildman–Crippen LogP) is 2.40. The van der Waals surface area contributed by atoms with Gasteiger partial charge in [0.2, 0.25) is 5.91 Å². The van der Waals surface area contributed by atoms with Crippen molar-refractivity contribution >= 4 is 5.91 Å². The van der Waals surface area contributed by atoms with Crippen molar-refractivity contribution in [3.63, 3.8) is 0 Å². The summed E-state index contributed by atoms with van der Waals surface area (Å²) in [5, 5.41) is 0. The maximum absolute atomic E-state index is 12.6. The molecule has 2 fully saturated rings. The molecule has 2 rings (SSSR count). The van der Waals surface area contributed by atoms with Gasteiger partial charge in [-0.3, -0.25) is 4.79 Å². The zero-order chi connectivity index (χ0) is 13.0. The quantitative estimate of drug-likeness (QED) is 0.820. The molecule has 0 aromatic rings. The molecular weight excluding hydrogens is 224 g/mol. The highest BCUT2D eigenvalue weighted by atomic mass is 16.2. The molecule has 3 unspecified atom stereocenters. The molecular formula is C15H28N2O. The number of amides is 1. The van der Waals surface area contributed by atoms with Crippen molar-refractivity contribution in [3.8, 4) is 0 Å². The van der Waals surface area contributed by atoms with E-state index >= 15 is 0 Å². The summed E-state index contributed by atoms with van der Waals surface area (Å²) in [5.41, 5.74) is 5.76. The largest absolute Gasteiger partial charge is 0.342 e. The molecule has 3 heteroatoms. The molecule has 1 saturated carbocycles. The molecule has 0 spiro atoms. The van der Waals surface area contributed by atoms with E-state index in [-0.39, 0.29) is 5.92 Å². The van der Waals surface area contributed by atoms with Crippen LogP contribution in [0.5, 0.6) is 0 Å². The first kappa shape index (κ1) is 13.9. The average molecular weight is 252 g/mol. The number of nitrogens with two attached hydrogens (primary N) is 1. The monoisotopic (exact) mass is 252 g/mol. The molecule has 1 aliphatic heterocycles. The van der Waals surface area contributed by atoms with Crippen molar-refractivity contribution < 1.29 is 4.79 Å². The number of carbonyl (C=O) groups excluding carboxylic acids is 1. The maximum atomic E-state index is 12.6. The van der Waals surface area contributed by atoms with Crippen molar-refractivity contribution in [2.24, 2.45) is 23.5 Å². The summed E-state index contributed by atoms with van der Waals surface area (Å²) in [6, 6.07) is 0. The normalized spacial score (nSPS) is 34.1. The van der Waals surface area contributed by atoms with Crippen LogP contribution >= 0.6 is 0 Å². The number of hydrogen-bond acceptors (Lipinski definition) is 2. The zero-order valence-corrected chi connectivity index (χ0v) is 11.7. The lowest BCUT2D eigenvalue weighted by atomic mass is 9.80. The molecule has 3 nitrogen and oxygen atoms in total. The smallest absolute Gasteiger partial charge is 0.225 e. The Balaban J connectivity index is 1.89. The Labute approximate surface area is 111 Å². The number of carbonyl (C=O) groups is 1. The van der Waals surface area contributed by atoms with Gasteiger partial charge in [-0.15, -0.1) is 0 Å². The van der Waals surface area contributed by atoms with Gasteiger partial charge < -0.3 is 10.6 Å². The van der Waals surface area contributed by atoms with E-state index in [2.05, 4.69) is 11.8 Å².